The molecule has 0 unspecified atom stereocenters. The summed E-state index contributed by atoms with van der Waals surface area (Å²) in [5.41, 5.74) is 0.746. The molecule has 0 saturated carbocycles. The molecule has 0 saturated heterocycles. The summed E-state index contributed by atoms with van der Waals surface area (Å²) < 4.78 is 1.79. The average Bonchev–Trinajstić information content (AvgIpc) is 2.82. The molecule has 0 aliphatic rings. The number of aryl methyl sites for hydroxylation is 1. The van der Waals surface area contributed by atoms with Crippen LogP contribution in [0.1, 0.15) is 21.7 Å². The van der Waals surface area contributed by atoms with Gasteiger partial charge in [-0.1, -0.05) is 37.9 Å². The standard InChI is InChI=1S/C13H10Br2OS/c14-9-3-5-12(15)11(8-9)13(16)6-4-10-2-1-7-17-10/h1-3,5,7-8H,4,6H2. The van der Waals surface area contributed by atoms with Gasteiger partial charge in [0.2, 0.25) is 0 Å². The SMILES string of the molecule is O=C(CCc1cccs1)c1cc(Br)ccc1Br. The normalized spacial score (nSPS) is 10.5. The minimum Gasteiger partial charge on any atom is -0.294 e. The maximum atomic E-state index is 12.1. The number of ketones is 1. The van der Waals surface area contributed by atoms with Crippen LogP contribution in [0.15, 0.2) is 44.7 Å². The quantitative estimate of drug-likeness (QED) is 0.682. The van der Waals surface area contributed by atoms with Crippen molar-refractivity contribution in [3.8, 4) is 0 Å². The van der Waals surface area contributed by atoms with E-state index in [1.54, 1.807) is 11.3 Å². The Balaban J connectivity index is 2.07. The fraction of sp³-hybridized carbons (Fsp3) is 0.154. The summed E-state index contributed by atoms with van der Waals surface area (Å²) in [7, 11) is 0. The first kappa shape index (κ1) is 13.0. The third-order valence-electron chi connectivity index (χ3n) is 2.41. The summed E-state index contributed by atoms with van der Waals surface area (Å²) in [6, 6.07) is 9.75. The summed E-state index contributed by atoms with van der Waals surface area (Å²) in [5, 5.41) is 2.04. The van der Waals surface area contributed by atoms with Crippen LogP contribution in [0.25, 0.3) is 0 Å². The summed E-state index contributed by atoms with van der Waals surface area (Å²) in [4.78, 5) is 13.3. The van der Waals surface area contributed by atoms with Gasteiger partial charge in [0.1, 0.15) is 0 Å². The number of hydrogen-bond acceptors (Lipinski definition) is 2. The molecule has 0 bridgehead atoms. The van der Waals surface area contributed by atoms with E-state index in [9.17, 15) is 4.79 Å². The van der Waals surface area contributed by atoms with E-state index in [-0.39, 0.29) is 5.78 Å². The first-order chi connectivity index (χ1) is 8.16. The minimum absolute atomic E-state index is 0.173. The summed E-state index contributed by atoms with van der Waals surface area (Å²) in [6.07, 6.45) is 1.37. The third-order valence-corrected chi connectivity index (χ3v) is 4.53. The molecule has 0 amide bonds. The molecule has 2 rings (SSSR count). The number of benzene rings is 1. The maximum Gasteiger partial charge on any atom is 0.164 e. The molecule has 4 heteroatoms. The molecule has 88 valence electrons. The van der Waals surface area contributed by atoms with Crippen LogP contribution in [0, 0.1) is 0 Å². The fourth-order valence-electron chi connectivity index (χ4n) is 1.54. The van der Waals surface area contributed by atoms with Gasteiger partial charge in [-0.2, -0.15) is 0 Å². The molecule has 1 aromatic heterocycles. The zero-order valence-electron chi connectivity index (χ0n) is 8.95. The molecule has 0 aliphatic heterocycles. The van der Waals surface area contributed by atoms with E-state index in [4.69, 9.17) is 0 Å². The van der Waals surface area contributed by atoms with Crippen LogP contribution in [-0.4, -0.2) is 5.78 Å². The van der Waals surface area contributed by atoms with Crippen LogP contribution in [0.2, 0.25) is 0 Å². The highest BCUT2D eigenvalue weighted by Gasteiger charge is 2.10. The van der Waals surface area contributed by atoms with Crippen molar-refractivity contribution < 1.29 is 4.79 Å². The number of Topliss-reactive ketones (excluding diaryl/α,β-unsaturated/α-hetero) is 1. The molecule has 0 aliphatic carbocycles. The lowest BCUT2D eigenvalue weighted by molar-refractivity contribution is 0.0982. The first-order valence-electron chi connectivity index (χ1n) is 5.17. The molecule has 0 N–H and O–H groups in total. The molecule has 0 radical (unpaired) electrons. The molecular formula is C13H10Br2OS. The number of carbonyl (C=O) groups excluding carboxylic acids is 1. The predicted octanol–water partition coefficient (Wildman–Crippen LogP) is 5.09. The molecule has 0 fully saturated rings. The van der Waals surface area contributed by atoms with Gasteiger partial charge in [-0.3, -0.25) is 4.79 Å². The second kappa shape index (κ2) is 5.94. The van der Waals surface area contributed by atoms with Gasteiger partial charge >= 0.3 is 0 Å². The zero-order chi connectivity index (χ0) is 12.3. The molecule has 1 nitrogen and oxygen atoms in total. The molecule has 2 aromatic rings. The van der Waals surface area contributed by atoms with E-state index < -0.39 is 0 Å². The zero-order valence-corrected chi connectivity index (χ0v) is 12.9. The summed E-state index contributed by atoms with van der Waals surface area (Å²) >= 11 is 8.49. The van der Waals surface area contributed by atoms with Crippen LogP contribution in [0.3, 0.4) is 0 Å². The van der Waals surface area contributed by atoms with Crippen LogP contribution >= 0.6 is 43.2 Å². The Labute approximate surface area is 121 Å². The van der Waals surface area contributed by atoms with Gasteiger partial charge in [-0.25, -0.2) is 0 Å². The second-order valence-corrected chi connectivity index (χ2v) is 6.43. The number of carbonyl (C=O) groups is 1. The number of hydrogen-bond donors (Lipinski definition) is 0. The summed E-state index contributed by atoms with van der Waals surface area (Å²) in [5.74, 6) is 0.173. The van der Waals surface area contributed by atoms with Crippen LogP contribution in [0.5, 0.6) is 0 Å². The number of halogens is 2. The molecule has 0 spiro atoms. The minimum atomic E-state index is 0.173. The van der Waals surface area contributed by atoms with Gasteiger partial charge in [0.15, 0.2) is 5.78 Å². The Hall–Kier alpha value is -0.450. The van der Waals surface area contributed by atoms with Crippen LogP contribution in [-0.2, 0) is 6.42 Å². The second-order valence-electron chi connectivity index (χ2n) is 3.63. The Bertz CT molecular complexity index is 520. The van der Waals surface area contributed by atoms with E-state index in [0.717, 1.165) is 20.9 Å². The van der Waals surface area contributed by atoms with E-state index in [2.05, 4.69) is 37.9 Å². The molecule has 1 heterocycles. The maximum absolute atomic E-state index is 12.1. The van der Waals surface area contributed by atoms with Gasteiger partial charge in [0.05, 0.1) is 0 Å². The lowest BCUT2D eigenvalue weighted by atomic mass is 10.1. The Kier molecular flexibility index (Phi) is 4.54. The molecule has 17 heavy (non-hydrogen) atoms. The highest BCUT2D eigenvalue weighted by molar-refractivity contribution is 9.11. The Morgan fingerprint density at radius 3 is 2.76 bits per heavy atom. The van der Waals surface area contributed by atoms with Crippen molar-refractivity contribution >= 4 is 49.0 Å². The van der Waals surface area contributed by atoms with Crippen molar-refractivity contribution in [2.45, 2.75) is 12.8 Å². The predicted molar refractivity (Wildman–Crippen MR) is 78.8 cm³/mol. The largest absolute Gasteiger partial charge is 0.294 e. The van der Waals surface area contributed by atoms with Gasteiger partial charge in [-0.05, 0) is 36.1 Å². The number of rotatable bonds is 4. The lowest BCUT2D eigenvalue weighted by Gasteiger charge is -2.03. The van der Waals surface area contributed by atoms with E-state index in [1.807, 2.05) is 29.6 Å². The van der Waals surface area contributed by atoms with Crippen molar-refractivity contribution in [1.82, 2.24) is 0 Å². The van der Waals surface area contributed by atoms with Crippen molar-refractivity contribution in [3.63, 3.8) is 0 Å². The van der Waals surface area contributed by atoms with Gasteiger partial charge in [0.25, 0.3) is 0 Å². The molecule has 1 aromatic carbocycles. The van der Waals surface area contributed by atoms with E-state index in [1.165, 1.54) is 4.88 Å². The smallest absolute Gasteiger partial charge is 0.164 e. The van der Waals surface area contributed by atoms with Crippen LogP contribution < -0.4 is 0 Å². The van der Waals surface area contributed by atoms with Crippen LogP contribution in [0.4, 0.5) is 0 Å². The topological polar surface area (TPSA) is 17.1 Å². The summed E-state index contributed by atoms with van der Waals surface area (Å²) in [6.45, 7) is 0. The number of thiophene rings is 1. The van der Waals surface area contributed by atoms with Crippen molar-refractivity contribution in [2.75, 3.05) is 0 Å². The van der Waals surface area contributed by atoms with E-state index in [0.29, 0.717) is 6.42 Å². The third kappa shape index (κ3) is 3.50. The van der Waals surface area contributed by atoms with Gasteiger partial charge in [0, 0.05) is 25.8 Å². The van der Waals surface area contributed by atoms with Crippen molar-refractivity contribution in [2.24, 2.45) is 0 Å². The Morgan fingerprint density at radius 2 is 2.06 bits per heavy atom. The van der Waals surface area contributed by atoms with Crippen molar-refractivity contribution in [3.05, 3.63) is 55.1 Å². The lowest BCUT2D eigenvalue weighted by Crippen LogP contribution is -2.01. The highest BCUT2D eigenvalue weighted by Crippen LogP contribution is 2.23. The fourth-order valence-corrected chi connectivity index (χ4v) is 3.08. The average molecular weight is 374 g/mol. The van der Waals surface area contributed by atoms with Gasteiger partial charge < -0.3 is 0 Å². The molecular weight excluding hydrogens is 364 g/mol. The van der Waals surface area contributed by atoms with Crippen molar-refractivity contribution in [1.29, 1.82) is 0 Å². The van der Waals surface area contributed by atoms with E-state index >= 15 is 0 Å². The highest BCUT2D eigenvalue weighted by atomic mass is 79.9. The van der Waals surface area contributed by atoms with Gasteiger partial charge in [-0.15, -0.1) is 11.3 Å². The monoisotopic (exact) mass is 372 g/mol. The molecule has 0 atom stereocenters. The first-order valence-corrected chi connectivity index (χ1v) is 7.64. The Morgan fingerprint density at radius 1 is 1.24 bits per heavy atom.